The number of likely N-dealkylation sites (N-methyl/N-ethyl adjacent to an activating group) is 1. The number of carbonyl (C=O) groups is 4. The number of nitrogens with zero attached hydrogens (tertiary/aromatic N) is 1. The molecule has 0 aliphatic carbocycles. The number of rotatable bonds is 2. The van der Waals surface area contributed by atoms with Crippen molar-refractivity contribution < 1.29 is 49.2 Å². The van der Waals surface area contributed by atoms with Crippen molar-refractivity contribution in [1.29, 1.82) is 0 Å². The van der Waals surface area contributed by atoms with Crippen LogP contribution in [0.4, 0.5) is 0 Å². The highest BCUT2D eigenvalue weighted by Gasteiger charge is 2.04. The Kier molecular flexibility index (Phi) is 12.7. The van der Waals surface area contributed by atoms with Gasteiger partial charge in [0, 0.05) is 0 Å². The van der Waals surface area contributed by atoms with Gasteiger partial charge in [-0.15, -0.1) is 0 Å². The standard InChI is InChI=1S/C5H14NO.2C2H2O4/c1-6(2,3)4-5-7;2*3-1(4)2(5)6/h7H,4-5H2,1-3H3;2*(H,3,4)(H,5,6)/q+1;;. The molecule has 0 saturated heterocycles. The SMILES string of the molecule is C[N+](C)(C)CCO.O=C(O)C(=O)O.O=C(O)C(=O)O. The van der Waals surface area contributed by atoms with Crippen molar-refractivity contribution in [2.45, 2.75) is 0 Å². The summed E-state index contributed by atoms with van der Waals surface area (Å²) in [5.74, 6) is -7.30. The molecule has 19 heavy (non-hydrogen) atoms. The van der Waals surface area contributed by atoms with Gasteiger partial charge in [-0.05, 0) is 0 Å². The Morgan fingerprint density at radius 2 is 0.947 bits per heavy atom. The maximum absolute atomic E-state index is 9.10. The molecule has 0 aromatic carbocycles. The van der Waals surface area contributed by atoms with Crippen LogP contribution in [0.15, 0.2) is 0 Å². The molecule has 0 saturated carbocycles. The van der Waals surface area contributed by atoms with Gasteiger partial charge in [-0.25, -0.2) is 19.2 Å². The van der Waals surface area contributed by atoms with Crippen LogP contribution < -0.4 is 0 Å². The Labute approximate surface area is 108 Å². The summed E-state index contributed by atoms with van der Waals surface area (Å²) in [6.07, 6.45) is 0. The zero-order valence-corrected chi connectivity index (χ0v) is 10.7. The van der Waals surface area contributed by atoms with Crippen molar-refractivity contribution in [2.24, 2.45) is 0 Å². The number of carboxylic acid groups (broad SMARTS) is 4. The van der Waals surface area contributed by atoms with Crippen LogP contribution in [0.3, 0.4) is 0 Å². The first-order valence-electron chi connectivity index (χ1n) is 4.69. The molecule has 0 fully saturated rings. The normalized spacial score (nSPS) is 9.05. The van der Waals surface area contributed by atoms with Crippen molar-refractivity contribution in [3.8, 4) is 0 Å². The van der Waals surface area contributed by atoms with Gasteiger partial charge in [0.1, 0.15) is 6.54 Å². The minimum absolute atomic E-state index is 0.281. The molecule has 0 heterocycles. The number of hydrogen-bond donors (Lipinski definition) is 5. The molecule has 0 spiro atoms. The average Bonchev–Trinajstić information content (AvgIpc) is 2.16. The number of aliphatic carboxylic acids is 4. The van der Waals surface area contributed by atoms with Gasteiger partial charge in [0.15, 0.2) is 0 Å². The molecule has 0 aromatic heterocycles. The lowest BCUT2D eigenvalue weighted by molar-refractivity contribution is -0.870. The molecule has 0 amide bonds. The molecule has 112 valence electrons. The lowest BCUT2D eigenvalue weighted by Gasteiger charge is -2.21. The third kappa shape index (κ3) is 31.3. The van der Waals surface area contributed by atoms with Crippen molar-refractivity contribution >= 4 is 23.9 Å². The summed E-state index contributed by atoms with van der Waals surface area (Å²) in [6, 6.07) is 0. The van der Waals surface area contributed by atoms with E-state index in [1.807, 2.05) is 0 Å². The number of aliphatic hydroxyl groups excluding tert-OH is 1. The lowest BCUT2D eigenvalue weighted by atomic mass is 10.5. The second kappa shape index (κ2) is 10.9. The quantitative estimate of drug-likeness (QED) is 0.284. The maximum Gasteiger partial charge on any atom is 0.414 e. The summed E-state index contributed by atoms with van der Waals surface area (Å²) in [5.41, 5.74) is 0. The van der Waals surface area contributed by atoms with Crippen molar-refractivity contribution in [2.75, 3.05) is 34.3 Å². The highest BCUT2D eigenvalue weighted by Crippen LogP contribution is 1.84. The van der Waals surface area contributed by atoms with Gasteiger partial charge in [-0.1, -0.05) is 0 Å². The summed E-state index contributed by atoms with van der Waals surface area (Å²) in [6.45, 7) is 1.11. The number of quaternary nitrogens is 1. The molecule has 0 unspecified atom stereocenters. The van der Waals surface area contributed by atoms with Gasteiger partial charge in [-0.3, -0.25) is 0 Å². The van der Waals surface area contributed by atoms with Crippen LogP contribution in [-0.4, -0.2) is 88.2 Å². The molecule has 5 N–H and O–H groups in total. The summed E-state index contributed by atoms with van der Waals surface area (Å²) in [5, 5.41) is 38.0. The molecule has 10 nitrogen and oxygen atoms in total. The summed E-state index contributed by atoms with van der Waals surface area (Å²) >= 11 is 0. The molecule has 0 aromatic rings. The highest BCUT2D eigenvalue weighted by atomic mass is 16.4. The number of aliphatic hydroxyl groups is 1. The van der Waals surface area contributed by atoms with Crippen LogP contribution in [-0.2, 0) is 19.2 Å². The minimum Gasteiger partial charge on any atom is -0.473 e. The Morgan fingerprint density at radius 3 is 0.947 bits per heavy atom. The molecule has 0 atom stereocenters. The molecule has 0 bridgehead atoms. The fourth-order valence-corrected chi connectivity index (χ4v) is 0.300. The molecule has 0 aliphatic rings. The van der Waals surface area contributed by atoms with Crippen LogP contribution in [0.2, 0.25) is 0 Å². The van der Waals surface area contributed by atoms with Crippen molar-refractivity contribution in [3.05, 3.63) is 0 Å². The Balaban J connectivity index is -0.000000203. The molecule has 0 aliphatic heterocycles. The average molecular weight is 284 g/mol. The maximum atomic E-state index is 9.10. The minimum atomic E-state index is -1.82. The summed E-state index contributed by atoms with van der Waals surface area (Å²) < 4.78 is 0.844. The van der Waals surface area contributed by atoms with Crippen molar-refractivity contribution in [1.82, 2.24) is 0 Å². The van der Waals surface area contributed by atoms with Crippen LogP contribution >= 0.6 is 0 Å². The monoisotopic (exact) mass is 284 g/mol. The van der Waals surface area contributed by atoms with E-state index in [0.29, 0.717) is 0 Å². The van der Waals surface area contributed by atoms with Gasteiger partial charge in [0.2, 0.25) is 0 Å². The lowest BCUT2D eigenvalue weighted by Crippen LogP contribution is -2.36. The van der Waals surface area contributed by atoms with Crippen molar-refractivity contribution in [3.63, 3.8) is 0 Å². The zero-order valence-electron chi connectivity index (χ0n) is 10.7. The van der Waals surface area contributed by atoms with Gasteiger partial charge in [0.25, 0.3) is 0 Å². The fourth-order valence-electron chi connectivity index (χ4n) is 0.300. The van der Waals surface area contributed by atoms with E-state index >= 15 is 0 Å². The highest BCUT2D eigenvalue weighted by molar-refractivity contribution is 6.27. The van der Waals surface area contributed by atoms with E-state index in [9.17, 15) is 0 Å². The first-order chi connectivity index (χ1) is 8.35. The second-order valence-corrected chi connectivity index (χ2v) is 3.96. The fraction of sp³-hybridized carbons (Fsp3) is 0.556. The van der Waals surface area contributed by atoms with Gasteiger partial charge in [0.05, 0.1) is 27.7 Å². The first kappa shape index (κ1) is 22.0. The Hall–Kier alpha value is -2.20. The number of carboxylic acids is 4. The van der Waals surface area contributed by atoms with E-state index in [1.165, 1.54) is 0 Å². The Bertz CT molecular complexity index is 270. The number of hydrogen-bond acceptors (Lipinski definition) is 5. The predicted octanol–water partition coefficient (Wildman–Crippen LogP) is -2.00. The van der Waals surface area contributed by atoms with Gasteiger partial charge in [-0.2, -0.15) is 0 Å². The van der Waals surface area contributed by atoms with Crippen LogP contribution in [0.5, 0.6) is 0 Å². The summed E-state index contributed by atoms with van der Waals surface area (Å²) in [4.78, 5) is 36.4. The zero-order chi connectivity index (χ0) is 16.2. The third-order valence-corrected chi connectivity index (χ3v) is 1.14. The third-order valence-electron chi connectivity index (χ3n) is 1.14. The molecular weight excluding hydrogens is 266 g/mol. The Morgan fingerprint density at radius 1 is 0.737 bits per heavy atom. The van der Waals surface area contributed by atoms with E-state index in [1.54, 1.807) is 0 Å². The van der Waals surface area contributed by atoms with E-state index < -0.39 is 23.9 Å². The predicted molar refractivity (Wildman–Crippen MR) is 60.5 cm³/mol. The van der Waals surface area contributed by atoms with Gasteiger partial charge < -0.3 is 30.0 Å². The van der Waals surface area contributed by atoms with E-state index in [-0.39, 0.29) is 6.61 Å². The molecular formula is C9H18NO9+. The van der Waals surface area contributed by atoms with E-state index in [2.05, 4.69) is 21.1 Å². The van der Waals surface area contributed by atoms with Crippen LogP contribution in [0.25, 0.3) is 0 Å². The van der Waals surface area contributed by atoms with Crippen LogP contribution in [0, 0.1) is 0 Å². The summed E-state index contributed by atoms with van der Waals surface area (Å²) in [7, 11) is 6.16. The van der Waals surface area contributed by atoms with Gasteiger partial charge >= 0.3 is 23.9 Å². The molecule has 0 rings (SSSR count). The van der Waals surface area contributed by atoms with E-state index in [4.69, 9.17) is 44.7 Å². The van der Waals surface area contributed by atoms with Crippen LogP contribution in [0.1, 0.15) is 0 Å². The molecule has 10 heteroatoms. The second-order valence-electron chi connectivity index (χ2n) is 3.96. The molecule has 0 radical (unpaired) electrons. The smallest absolute Gasteiger partial charge is 0.414 e. The first-order valence-corrected chi connectivity index (χ1v) is 4.69. The largest absolute Gasteiger partial charge is 0.473 e. The topological polar surface area (TPSA) is 169 Å². The van der Waals surface area contributed by atoms with E-state index in [0.717, 1.165) is 11.0 Å².